The van der Waals surface area contributed by atoms with Crippen LogP contribution in [-0.2, 0) is 16.0 Å². The van der Waals surface area contributed by atoms with Crippen LogP contribution in [0, 0.1) is 13.8 Å². The molecule has 0 bridgehead atoms. The lowest BCUT2D eigenvalue weighted by Gasteiger charge is -2.39. The number of hydrogen-bond donors (Lipinski definition) is 1. The van der Waals surface area contributed by atoms with Gasteiger partial charge in [-0.2, -0.15) is 0 Å². The molecule has 0 saturated carbocycles. The van der Waals surface area contributed by atoms with Crippen LogP contribution in [0.5, 0.6) is 0 Å². The molecule has 156 valence electrons. The molecule has 8 heteroatoms. The van der Waals surface area contributed by atoms with Crippen LogP contribution < -0.4 is 5.32 Å². The van der Waals surface area contributed by atoms with Gasteiger partial charge in [0.05, 0.1) is 35.6 Å². The van der Waals surface area contributed by atoms with Crippen LogP contribution in [0.25, 0.3) is 0 Å². The zero-order chi connectivity index (χ0) is 20.4. The zero-order valence-corrected chi connectivity index (χ0v) is 16.9. The van der Waals surface area contributed by atoms with E-state index in [1.54, 1.807) is 6.07 Å². The summed E-state index contributed by atoms with van der Waals surface area (Å²) in [6.45, 7) is 5.51. The van der Waals surface area contributed by atoms with Crippen molar-refractivity contribution >= 4 is 11.8 Å². The molecule has 2 aromatic rings. The van der Waals surface area contributed by atoms with Gasteiger partial charge in [-0.15, -0.1) is 0 Å². The molecule has 29 heavy (non-hydrogen) atoms. The van der Waals surface area contributed by atoms with Crippen molar-refractivity contribution in [3.8, 4) is 0 Å². The van der Waals surface area contributed by atoms with Crippen LogP contribution in [-0.4, -0.2) is 53.2 Å². The first kappa shape index (κ1) is 19.7. The lowest BCUT2D eigenvalue weighted by molar-refractivity contribution is -0.122. The predicted molar refractivity (Wildman–Crippen MR) is 103 cm³/mol. The first-order chi connectivity index (χ1) is 14.0. The maximum absolute atomic E-state index is 12.5. The summed E-state index contributed by atoms with van der Waals surface area (Å²) in [5.74, 6) is 0.643. The van der Waals surface area contributed by atoms with Crippen LogP contribution in [0.1, 0.15) is 53.1 Å². The number of likely N-dealkylation sites (tertiary alicyclic amines) is 1. The van der Waals surface area contributed by atoms with Gasteiger partial charge in [0.15, 0.2) is 0 Å². The van der Waals surface area contributed by atoms with Gasteiger partial charge < -0.3 is 23.9 Å². The number of amides is 2. The largest absolute Gasteiger partial charge is 0.472 e. The lowest BCUT2D eigenvalue weighted by Crippen LogP contribution is -2.47. The van der Waals surface area contributed by atoms with Gasteiger partial charge in [0.1, 0.15) is 12.0 Å². The Kier molecular flexibility index (Phi) is 5.45. The van der Waals surface area contributed by atoms with Gasteiger partial charge in [-0.1, -0.05) is 5.16 Å². The second kappa shape index (κ2) is 8.02. The molecule has 2 aromatic heterocycles. The van der Waals surface area contributed by atoms with Crippen LogP contribution in [0.15, 0.2) is 27.5 Å². The molecule has 4 rings (SSSR count). The van der Waals surface area contributed by atoms with Crippen molar-refractivity contribution in [2.75, 3.05) is 19.6 Å². The van der Waals surface area contributed by atoms with E-state index in [-0.39, 0.29) is 29.9 Å². The third kappa shape index (κ3) is 4.22. The Bertz CT molecular complexity index is 846. The molecular formula is C21H27N3O5. The number of nitrogens with zero attached hydrogens (tertiary/aromatic N) is 2. The molecule has 2 fully saturated rings. The summed E-state index contributed by atoms with van der Waals surface area (Å²) in [6.07, 6.45) is 6.81. The average Bonchev–Trinajstić information content (AvgIpc) is 3.45. The molecular weight excluding hydrogens is 374 g/mol. The summed E-state index contributed by atoms with van der Waals surface area (Å²) in [5, 5.41) is 6.86. The Labute approximate surface area is 169 Å². The minimum atomic E-state index is -0.176. The molecule has 4 heterocycles. The van der Waals surface area contributed by atoms with Gasteiger partial charge in [-0.25, -0.2) is 0 Å². The van der Waals surface area contributed by atoms with Crippen LogP contribution in [0.2, 0.25) is 0 Å². The Morgan fingerprint density at radius 1 is 1.28 bits per heavy atom. The number of aromatic nitrogens is 1. The third-order valence-electron chi connectivity index (χ3n) is 6.11. The topological polar surface area (TPSA) is 97.8 Å². The van der Waals surface area contributed by atoms with Gasteiger partial charge in [-0.05, 0) is 45.6 Å². The molecule has 0 radical (unpaired) electrons. The quantitative estimate of drug-likeness (QED) is 0.826. The van der Waals surface area contributed by atoms with Crippen molar-refractivity contribution in [1.29, 1.82) is 0 Å². The number of rotatable bonds is 5. The number of furan rings is 1. The fourth-order valence-electron chi connectivity index (χ4n) is 4.30. The van der Waals surface area contributed by atoms with E-state index < -0.39 is 0 Å². The van der Waals surface area contributed by atoms with Gasteiger partial charge in [0, 0.05) is 25.2 Å². The van der Waals surface area contributed by atoms with Crippen molar-refractivity contribution in [2.45, 2.75) is 57.7 Å². The highest BCUT2D eigenvalue weighted by molar-refractivity contribution is 5.93. The number of hydrogen-bond acceptors (Lipinski definition) is 6. The van der Waals surface area contributed by atoms with Crippen molar-refractivity contribution in [2.24, 2.45) is 0 Å². The fraction of sp³-hybridized carbons (Fsp3) is 0.571. The maximum atomic E-state index is 12.5. The Morgan fingerprint density at radius 3 is 2.72 bits per heavy atom. The van der Waals surface area contributed by atoms with Gasteiger partial charge in [0.25, 0.3) is 5.91 Å². The molecule has 1 N–H and O–H groups in total. The monoisotopic (exact) mass is 401 g/mol. The van der Waals surface area contributed by atoms with E-state index in [4.69, 9.17) is 13.7 Å². The Balaban J connectivity index is 1.23. The summed E-state index contributed by atoms with van der Waals surface area (Å²) < 4.78 is 16.5. The van der Waals surface area contributed by atoms with Gasteiger partial charge in [0.2, 0.25) is 5.91 Å². The van der Waals surface area contributed by atoms with Crippen molar-refractivity contribution in [3.05, 3.63) is 41.2 Å². The number of ether oxygens (including phenoxy) is 1. The molecule has 1 spiro atoms. The van der Waals surface area contributed by atoms with E-state index in [9.17, 15) is 9.59 Å². The van der Waals surface area contributed by atoms with Gasteiger partial charge in [-0.3, -0.25) is 9.59 Å². The van der Waals surface area contributed by atoms with Crippen molar-refractivity contribution in [3.63, 3.8) is 0 Å². The predicted octanol–water partition coefficient (Wildman–Crippen LogP) is 2.40. The average molecular weight is 401 g/mol. The summed E-state index contributed by atoms with van der Waals surface area (Å²) in [6, 6.07) is 1.69. The zero-order valence-electron chi connectivity index (χ0n) is 16.9. The number of nitrogens with one attached hydrogen (secondary N) is 1. The number of carbonyl (C=O) groups excluding carboxylic acids is 2. The Morgan fingerprint density at radius 2 is 2.07 bits per heavy atom. The number of aryl methyl sites for hydroxylation is 2. The Hall–Kier alpha value is -2.61. The molecule has 2 aliphatic rings. The van der Waals surface area contributed by atoms with E-state index >= 15 is 0 Å². The number of carbonyl (C=O) groups is 2. The molecule has 0 unspecified atom stereocenters. The van der Waals surface area contributed by atoms with Gasteiger partial charge >= 0.3 is 0 Å². The smallest absolute Gasteiger partial charge is 0.257 e. The van der Waals surface area contributed by atoms with E-state index in [0.717, 1.165) is 36.9 Å². The summed E-state index contributed by atoms with van der Waals surface area (Å²) in [7, 11) is 0. The minimum absolute atomic E-state index is 0.00901. The molecule has 0 aromatic carbocycles. The molecule has 1 atom stereocenters. The second-order valence-electron chi connectivity index (χ2n) is 8.05. The lowest BCUT2D eigenvalue weighted by atomic mass is 9.88. The van der Waals surface area contributed by atoms with E-state index in [2.05, 4.69) is 10.5 Å². The standard InChI is InChI=1S/C21H27N3O5/c1-14-18(15(2)29-23-14)11-19(25)22-12-17-3-5-21(28-17)6-8-24(9-7-21)20(26)16-4-10-27-13-16/h4,10,13,17H,3,5-9,11-12H2,1-2H3,(H,22,25)/t17-/m0/s1. The third-order valence-corrected chi connectivity index (χ3v) is 6.11. The SMILES string of the molecule is Cc1noc(C)c1CC(=O)NC[C@@H]1CCC2(CCN(C(=O)c3ccoc3)CC2)O1. The van der Waals surface area contributed by atoms with Crippen molar-refractivity contribution in [1.82, 2.24) is 15.4 Å². The summed E-state index contributed by atoms with van der Waals surface area (Å²) in [4.78, 5) is 26.6. The van der Waals surface area contributed by atoms with E-state index in [0.29, 0.717) is 31.0 Å². The highest BCUT2D eigenvalue weighted by atomic mass is 16.5. The molecule has 8 nitrogen and oxygen atoms in total. The second-order valence-corrected chi connectivity index (χ2v) is 8.05. The fourth-order valence-corrected chi connectivity index (χ4v) is 4.30. The minimum Gasteiger partial charge on any atom is -0.472 e. The maximum Gasteiger partial charge on any atom is 0.257 e. The first-order valence-electron chi connectivity index (χ1n) is 10.1. The highest BCUT2D eigenvalue weighted by Gasteiger charge is 2.43. The molecule has 0 aliphatic carbocycles. The summed E-state index contributed by atoms with van der Waals surface area (Å²) >= 11 is 0. The van der Waals surface area contributed by atoms with E-state index in [1.165, 1.54) is 12.5 Å². The number of piperidine rings is 1. The van der Waals surface area contributed by atoms with Crippen molar-refractivity contribution < 1.29 is 23.3 Å². The molecule has 2 amide bonds. The van der Waals surface area contributed by atoms with Crippen LogP contribution in [0.3, 0.4) is 0 Å². The van der Waals surface area contributed by atoms with Crippen LogP contribution in [0.4, 0.5) is 0 Å². The summed E-state index contributed by atoms with van der Waals surface area (Å²) in [5.41, 5.74) is 2.02. The highest BCUT2D eigenvalue weighted by Crippen LogP contribution is 2.39. The van der Waals surface area contributed by atoms with Crippen LogP contribution >= 0.6 is 0 Å². The first-order valence-corrected chi connectivity index (χ1v) is 10.1. The molecule has 2 saturated heterocycles. The molecule has 2 aliphatic heterocycles. The van der Waals surface area contributed by atoms with E-state index in [1.807, 2.05) is 18.7 Å². The normalized spacial score (nSPS) is 20.9.